The van der Waals surface area contributed by atoms with Crippen molar-refractivity contribution >= 4 is 52.3 Å². The molecular weight excluding hydrogens is 473 g/mol. The number of hydrogen-bond donors (Lipinski definition) is 2. The topological polar surface area (TPSA) is 70.7 Å². The highest BCUT2D eigenvalue weighted by Crippen LogP contribution is 2.34. The third-order valence-electron chi connectivity index (χ3n) is 6.28. The first-order valence-electron chi connectivity index (χ1n) is 11.0. The van der Waals surface area contributed by atoms with Crippen molar-refractivity contribution in [1.29, 1.82) is 0 Å². The Labute approximate surface area is 211 Å². The fourth-order valence-electron chi connectivity index (χ4n) is 4.30. The zero-order valence-corrected chi connectivity index (χ0v) is 21.0. The first-order chi connectivity index (χ1) is 15.9. The predicted octanol–water partition coefficient (Wildman–Crippen LogP) is 4.50. The van der Waals surface area contributed by atoms with Crippen LogP contribution in [-0.2, 0) is 22.6 Å². The van der Waals surface area contributed by atoms with E-state index in [-0.39, 0.29) is 30.3 Å². The number of carbonyl (C=O) groups excluding carboxylic acids is 2. The van der Waals surface area contributed by atoms with Crippen molar-refractivity contribution in [1.82, 2.24) is 10.6 Å². The number of rotatable bonds is 6. The summed E-state index contributed by atoms with van der Waals surface area (Å²) in [6.07, 6.45) is 1.23. The van der Waals surface area contributed by atoms with E-state index in [1.165, 1.54) is 0 Å². The van der Waals surface area contributed by atoms with E-state index in [0.29, 0.717) is 30.2 Å². The van der Waals surface area contributed by atoms with E-state index in [1.807, 2.05) is 54.6 Å². The number of likely N-dealkylation sites (N-methyl/N-ethyl adjacent to an activating group) is 1. The molecule has 1 heterocycles. The van der Waals surface area contributed by atoms with Crippen LogP contribution in [-0.4, -0.2) is 38.1 Å². The van der Waals surface area contributed by atoms with Gasteiger partial charge in [0.25, 0.3) is 0 Å². The maximum atomic E-state index is 13.8. The van der Waals surface area contributed by atoms with Gasteiger partial charge in [0.2, 0.25) is 11.8 Å². The van der Waals surface area contributed by atoms with Crippen molar-refractivity contribution < 1.29 is 14.3 Å². The van der Waals surface area contributed by atoms with Crippen molar-refractivity contribution in [2.24, 2.45) is 0 Å². The number of halogens is 2. The molecule has 0 spiro atoms. The van der Waals surface area contributed by atoms with Crippen LogP contribution >= 0.6 is 24.0 Å². The number of nitrogens with zero attached hydrogens (tertiary/aromatic N) is 1. The molecule has 0 radical (unpaired) electrons. The van der Waals surface area contributed by atoms with E-state index < -0.39 is 6.04 Å². The van der Waals surface area contributed by atoms with Crippen LogP contribution in [0, 0.1) is 0 Å². The van der Waals surface area contributed by atoms with Crippen molar-refractivity contribution in [2.75, 3.05) is 19.1 Å². The number of amides is 2. The van der Waals surface area contributed by atoms with Crippen molar-refractivity contribution in [2.45, 2.75) is 38.4 Å². The minimum absolute atomic E-state index is 0. The molecule has 1 aliphatic rings. The molecule has 2 amide bonds. The fourth-order valence-corrected chi connectivity index (χ4v) is 4.48. The van der Waals surface area contributed by atoms with Crippen LogP contribution < -0.4 is 20.3 Å². The number of carbonyl (C=O) groups is 2. The third-order valence-corrected chi connectivity index (χ3v) is 6.51. The molecule has 8 heteroatoms. The Bertz CT molecular complexity index is 1200. The van der Waals surface area contributed by atoms with E-state index in [4.69, 9.17) is 16.3 Å². The highest BCUT2D eigenvalue weighted by Gasteiger charge is 2.32. The quantitative estimate of drug-likeness (QED) is 0.521. The number of methoxy groups -OCH3 is 1. The Hall–Kier alpha value is -2.80. The van der Waals surface area contributed by atoms with Crippen LogP contribution in [0.1, 0.15) is 24.5 Å². The number of hydrogen-bond acceptors (Lipinski definition) is 4. The lowest BCUT2D eigenvalue weighted by Crippen LogP contribution is -2.52. The number of para-hydroxylation sites is 1. The molecule has 1 aliphatic heterocycles. The lowest BCUT2D eigenvalue weighted by Gasteiger charge is -2.28. The molecule has 0 aliphatic carbocycles. The minimum atomic E-state index is -0.615. The molecule has 4 rings (SSSR count). The molecule has 0 unspecified atom stereocenters. The Kier molecular flexibility index (Phi) is 8.42. The molecular formula is C26H29Cl2N3O3. The normalized spacial score (nSPS) is 16.3. The van der Waals surface area contributed by atoms with Gasteiger partial charge >= 0.3 is 0 Å². The van der Waals surface area contributed by atoms with Crippen LogP contribution in [0.25, 0.3) is 10.8 Å². The lowest BCUT2D eigenvalue weighted by molar-refractivity contribution is -0.128. The number of benzene rings is 3. The average molecular weight is 502 g/mol. The van der Waals surface area contributed by atoms with Crippen LogP contribution in [0.15, 0.2) is 54.6 Å². The highest BCUT2D eigenvalue weighted by atomic mass is 35.5. The SMILES string of the molecule is CN[C@@H](C)C(=O)N[C@H]1CCc2ccccc2N(Cc2c(OC)ccc3cc(Cl)ccc23)C1=O.Cl. The summed E-state index contributed by atoms with van der Waals surface area (Å²) in [5.41, 5.74) is 2.82. The van der Waals surface area contributed by atoms with Gasteiger partial charge in [-0.1, -0.05) is 41.9 Å². The summed E-state index contributed by atoms with van der Waals surface area (Å²) < 4.78 is 5.67. The number of anilines is 1. The van der Waals surface area contributed by atoms with Crippen LogP contribution in [0.4, 0.5) is 5.69 Å². The maximum Gasteiger partial charge on any atom is 0.249 e. The van der Waals surface area contributed by atoms with E-state index in [2.05, 4.69) is 10.6 Å². The molecule has 180 valence electrons. The molecule has 3 aromatic rings. The first-order valence-corrected chi connectivity index (χ1v) is 11.4. The van der Waals surface area contributed by atoms with Crippen LogP contribution in [0.2, 0.25) is 5.02 Å². The van der Waals surface area contributed by atoms with Gasteiger partial charge in [-0.15, -0.1) is 12.4 Å². The van der Waals surface area contributed by atoms with Gasteiger partial charge in [-0.25, -0.2) is 0 Å². The predicted molar refractivity (Wildman–Crippen MR) is 139 cm³/mol. The molecule has 0 bridgehead atoms. The molecule has 3 aromatic carbocycles. The summed E-state index contributed by atoms with van der Waals surface area (Å²) in [4.78, 5) is 28.1. The van der Waals surface area contributed by atoms with E-state index in [9.17, 15) is 9.59 Å². The van der Waals surface area contributed by atoms with Gasteiger partial charge in [0, 0.05) is 16.3 Å². The zero-order chi connectivity index (χ0) is 23.5. The van der Waals surface area contributed by atoms with Gasteiger partial charge < -0.3 is 20.3 Å². The Morgan fingerprint density at radius 3 is 2.71 bits per heavy atom. The second kappa shape index (κ2) is 11.1. The fraction of sp³-hybridized carbons (Fsp3) is 0.308. The van der Waals surface area contributed by atoms with E-state index in [0.717, 1.165) is 27.6 Å². The molecule has 2 N–H and O–H groups in total. The molecule has 0 aromatic heterocycles. The van der Waals surface area contributed by atoms with Crippen LogP contribution in [0.3, 0.4) is 0 Å². The van der Waals surface area contributed by atoms with Crippen molar-refractivity contribution in [3.05, 3.63) is 70.7 Å². The summed E-state index contributed by atoms with van der Waals surface area (Å²) in [5.74, 6) is 0.368. The summed E-state index contributed by atoms with van der Waals surface area (Å²) >= 11 is 6.21. The van der Waals surface area contributed by atoms with Crippen molar-refractivity contribution in [3.63, 3.8) is 0 Å². The third kappa shape index (κ3) is 5.14. The van der Waals surface area contributed by atoms with Gasteiger partial charge in [-0.05, 0) is 67.4 Å². The van der Waals surface area contributed by atoms with E-state index in [1.54, 1.807) is 26.0 Å². The van der Waals surface area contributed by atoms with Gasteiger partial charge in [-0.3, -0.25) is 9.59 Å². The summed E-state index contributed by atoms with van der Waals surface area (Å²) in [7, 11) is 3.35. The maximum absolute atomic E-state index is 13.8. The summed E-state index contributed by atoms with van der Waals surface area (Å²) in [6, 6.07) is 16.5. The summed E-state index contributed by atoms with van der Waals surface area (Å²) in [5, 5.41) is 8.46. The molecule has 34 heavy (non-hydrogen) atoms. The zero-order valence-electron chi connectivity index (χ0n) is 19.4. The standard InChI is InChI=1S/C26H28ClN3O3.ClH/c1-16(28-2)25(31)29-22-12-8-17-6-4-5-7-23(17)30(26(22)32)15-21-20-11-10-19(27)14-18(20)9-13-24(21)33-3;/h4-7,9-11,13-14,16,22,28H,8,12,15H2,1-3H3,(H,29,31);1H/t16-,22-;/m0./s1. The van der Waals surface area contributed by atoms with Gasteiger partial charge in [0.15, 0.2) is 0 Å². The molecule has 2 atom stereocenters. The molecule has 0 saturated carbocycles. The molecule has 0 saturated heterocycles. The summed E-state index contributed by atoms with van der Waals surface area (Å²) in [6.45, 7) is 2.08. The second-order valence-electron chi connectivity index (χ2n) is 8.28. The van der Waals surface area contributed by atoms with Gasteiger partial charge in [-0.2, -0.15) is 0 Å². The number of aryl methyl sites for hydroxylation is 1. The van der Waals surface area contributed by atoms with Gasteiger partial charge in [0.05, 0.1) is 19.7 Å². The minimum Gasteiger partial charge on any atom is -0.496 e. The first kappa shape index (κ1) is 25.8. The molecule has 6 nitrogen and oxygen atoms in total. The van der Waals surface area contributed by atoms with Crippen molar-refractivity contribution in [3.8, 4) is 5.75 Å². The van der Waals surface area contributed by atoms with E-state index >= 15 is 0 Å². The largest absolute Gasteiger partial charge is 0.496 e. The monoisotopic (exact) mass is 501 g/mol. The van der Waals surface area contributed by atoms with Gasteiger partial charge in [0.1, 0.15) is 11.8 Å². The average Bonchev–Trinajstić information content (AvgIpc) is 2.95. The molecule has 0 fully saturated rings. The Balaban J connectivity index is 0.00000324. The smallest absolute Gasteiger partial charge is 0.249 e. The Morgan fingerprint density at radius 1 is 1.21 bits per heavy atom. The lowest BCUT2D eigenvalue weighted by atomic mass is 10.0. The van der Waals surface area contributed by atoms with Crippen LogP contribution in [0.5, 0.6) is 5.75 Å². The highest BCUT2D eigenvalue weighted by molar-refractivity contribution is 6.31. The number of ether oxygens (including phenoxy) is 1. The second-order valence-corrected chi connectivity index (χ2v) is 8.71. The number of nitrogens with one attached hydrogen (secondary N) is 2. The Morgan fingerprint density at radius 2 is 1.97 bits per heavy atom. The number of fused-ring (bicyclic) bond motifs is 2.